The highest BCUT2D eigenvalue weighted by molar-refractivity contribution is 6.00. The van der Waals surface area contributed by atoms with Gasteiger partial charge in [-0.3, -0.25) is 0 Å². The van der Waals surface area contributed by atoms with E-state index >= 15 is 0 Å². The van der Waals surface area contributed by atoms with Gasteiger partial charge in [0.1, 0.15) is 0 Å². The summed E-state index contributed by atoms with van der Waals surface area (Å²) in [7, 11) is 0. The average Bonchev–Trinajstić information content (AvgIpc) is 2.47. The smallest absolute Gasteiger partial charge is 0.00331 e. The molecule has 0 atom stereocenters. The number of fused-ring (bicyclic) bond motifs is 1. The number of rotatable bonds is 2. The van der Waals surface area contributed by atoms with Gasteiger partial charge in [-0.25, -0.2) is 0 Å². The van der Waals surface area contributed by atoms with Crippen LogP contribution in [0.1, 0.15) is 5.56 Å². The molecule has 0 heterocycles. The van der Waals surface area contributed by atoms with E-state index in [0.717, 1.165) is 0 Å². The summed E-state index contributed by atoms with van der Waals surface area (Å²) in [6.45, 7) is 3.92. The van der Waals surface area contributed by atoms with Gasteiger partial charge in [-0.05, 0) is 27.5 Å². The van der Waals surface area contributed by atoms with Crippen LogP contribution in [0.4, 0.5) is 0 Å². The Balaban J connectivity index is 2.41. The minimum atomic E-state index is 1.18. The Labute approximate surface area is 107 Å². The molecular weight excluding hydrogens is 216 g/mol. The molecule has 3 aromatic rings. The maximum Gasteiger partial charge on any atom is -0.00331 e. The van der Waals surface area contributed by atoms with Gasteiger partial charge in [0, 0.05) is 0 Å². The Hall–Kier alpha value is -2.34. The van der Waals surface area contributed by atoms with Gasteiger partial charge < -0.3 is 0 Å². The van der Waals surface area contributed by atoms with Crippen LogP contribution in [0.3, 0.4) is 0 Å². The lowest BCUT2D eigenvalue weighted by Gasteiger charge is -2.10. The lowest BCUT2D eigenvalue weighted by molar-refractivity contribution is 1.63. The lowest BCUT2D eigenvalue weighted by Crippen LogP contribution is -1.85. The third kappa shape index (κ3) is 1.72. The Morgan fingerprint density at radius 3 is 2.22 bits per heavy atom. The van der Waals surface area contributed by atoms with E-state index in [1.165, 1.54) is 27.5 Å². The summed E-state index contributed by atoms with van der Waals surface area (Å²) in [5, 5.41) is 2.54. The topological polar surface area (TPSA) is 0 Å². The predicted molar refractivity (Wildman–Crippen MR) is 79.5 cm³/mol. The van der Waals surface area contributed by atoms with Gasteiger partial charge >= 0.3 is 0 Å². The second-order valence-electron chi connectivity index (χ2n) is 4.32. The highest BCUT2D eigenvalue weighted by atomic mass is 14.1. The molecule has 0 aliphatic heterocycles. The van der Waals surface area contributed by atoms with Crippen LogP contribution < -0.4 is 0 Å². The van der Waals surface area contributed by atoms with E-state index in [9.17, 15) is 0 Å². The molecule has 0 heteroatoms. The summed E-state index contributed by atoms with van der Waals surface area (Å²) < 4.78 is 0. The van der Waals surface area contributed by atoms with Crippen LogP contribution >= 0.6 is 0 Å². The molecule has 0 spiro atoms. The summed E-state index contributed by atoms with van der Waals surface area (Å²) in [6.07, 6.45) is 1.93. The zero-order valence-electron chi connectivity index (χ0n) is 10.1. The minimum Gasteiger partial charge on any atom is -0.0984 e. The van der Waals surface area contributed by atoms with E-state index in [1.807, 2.05) is 12.1 Å². The van der Waals surface area contributed by atoms with E-state index in [0.29, 0.717) is 0 Å². The molecule has 3 rings (SSSR count). The van der Waals surface area contributed by atoms with Crippen molar-refractivity contribution in [2.45, 2.75) is 0 Å². The first kappa shape index (κ1) is 10.8. The van der Waals surface area contributed by atoms with Crippen LogP contribution in [-0.4, -0.2) is 0 Å². The Kier molecular flexibility index (Phi) is 2.70. The lowest BCUT2D eigenvalue weighted by atomic mass is 9.93. The van der Waals surface area contributed by atoms with Gasteiger partial charge in [-0.2, -0.15) is 0 Å². The Bertz CT molecular complexity index is 694. The highest BCUT2D eigenvalue weighted by Crippen LogP contribution is 2.32. The third-order valence-corrected chi connectivity index (χ3v) is 3.24. The molecule has 0 aliphatic rings. The predicted octanol–water partition coefficient (Wildman–Crippen LogP) is 5.15. The van der Waals surface area contributed by atoms with Crippen molar-refractivity contribution in [3.05, 3.63) is 78.9 Å². The summed E-state index contributed by atoms with van der Waals surface area (Å²) >= 11 is 0. The van der Waals surface area contributed by atoms with E-state index in [4.69, 9.17) is 0 Å². The molecule has 0 aliphatic carbocycles. The fourth-order valence-electron chi connectivity index (χ4n) is 2.39. The first-order valence-electron chi connectivity index (χ1n) is 6.10. The van der Waals surface area contributed by atoms with E-state index in [2.05, 4.69) is 67.2 Å². The summed E-state index contributed by atoms with van der Waals surface area (Å²) in [6, 6.07) is 23.3. The van der Waals surface area contributed by atoms with Crippen molar-refractivity contribution < 1.29 is 0 Å². The van der Waals surface area contributed by atoms with Gasteiger partial charge in [0.2, 0.25) is 0 Å². The maximum absolute atomic E-state index is 3.92. The fraction of sp³-hybridized carbons (Fsp3) is 0. The molecule has 3 aromatic carbocycles. The Morgan fingerprint density at radius 2 is 1.44 bits per heavy atom. The average molecular weight is 230 g/mol. The largest absolute Gasteiger partial charge is 0.0984 e. The minimum absolute atomic E-state index is 1.18. The normalized spacial score (nSPS) is 10.4. The molecular formula is C18H14. The monoisotopic (exact) mass is 230 g/mol. The molecule has 0 unspecified atom stereocenters. The summed E-state index contributed by atoms with van der Waals surface area (Å²) in [5.41, 5.74) is 3.69. The van der Waals surface area contributed by atoms with Crippen LogP contribution in [0.15, 0.2) is 73.3 Å². The molecule has 86 valence electrons. The van der Waals surface area contributed by atoms with Crippen molar-refractivity contribution in [1.82, 2.24) is 0 Å². The molecule has 0 aromatic heterocycles. The van der Waals surface area contributed by atoms with Crippen LogP contribution in [0.25, 0.3) is 28.0 Å². The zero-order chi connectivity index (χ0) is 12.4. The molecule has 0 bridgehead atoms. The van der Waals surface area contributed by atoms with Gasteiger partial charge in [0.05, 0.1) is 0 Å². The van der Waals surface area contributed by atoms with Crippen LogP contribution in [-0.2, 0) is 0 Å². The van der Waals surface area contributed by atoms with Gasteiger partial charge in [-0.1, -0.05) is 79.4 Å². The van der Waals surface area contributed by atoms with E-state index in [1.54, 1.807) is 0 Å². The van der Waals surface area contributed by atoms with Crippen molar-refractivity contribution >= 4 is 16.8 Å². The summed E-state index contributed by atoms with van der Waals surface area (Å²) in [5.74, 6) is 0. The first-order chi connectivity index (χ1) is 8.90. The van der Waals surface area contributed by atoms with E-state index in [-0.39, 0.29) is 0 Å². The van der Waals surface area contributed by atoms with Crippen molar-refractivity contribution in [1.29, 1.82) is 0 Å². The second kappa shape index (κ2) is 4.50. The standard InChI is InChI=1S/C18H14/c1-2-14-12-13-15-8-6-7-11-17(15)18(14)16-9-4-3-5-10-16/h2-13H,1H2. The molecule has 18 heavy (non-hydrogen) atoms. The number of hydrogen-bond acceptors (Lipinski definition) is 0. The third-order valence-electron chi connectivity index (χ3n) is 3.24. The van der Waals surface area contributed by atoms with Gasteiger partial charge in [0.15, 0.2) is 0 Å². The SMILES string of the molecule is C=Cc1ccc2ccccc2c1-c1ccccc1. The quantitative estimate of drug-likeness (QED) is 0.571. The zero-order valence-corrected chi connectivity index (χ0v) is 10.1. The van der Waals surface area contributed by atoms with Crippen molar-refractivity contribution in [3.8, 4) is 11.1 Å². The fourth-order valence-corrected chi connectivity index (χ4v) is 2.39. The van der Waals surface area contributed by atoms with Gasteiger partial charge in [0.25, 0.3) is 0 Å². The Morgan fingerprint density at radius 1 is 0.722 bits per heavy atom. The molecule has 0 saturated carbocycles. The molecule has 0 N–H and O–H groups in total. The van der Waals surface area contributed by atoms with Crippen LogP contribution in [0.2, 0.25) is 0 Å². The van der Waals surface area contributed by atoms with Crippen molar-refractivity contribution in [3.63, 3.8) is 0 Å². The maximum atomic E-state index is 3.92. The molecule has 0 radical (unpaired) electrons. The van der Waals surface area contributed by atoms with Crippen LogP contribution in [0.5, 0.6) is 0 Å². The summed E-state index contributed by atoms with van der Waals surface area (Å²) in [4.78, 5) is 0. The molecule has 0 amide bonds. The number of benzene rings is 3. The van der Waals surface area contributed by atoms with Crippen molar-refractivity contribution in [2.75, 3.05) is 0 Å². The van der Waals surface area contributed by atoms with Crippen molar-refractivity contribution in [2.24, 2.45) is 0 Å². The first-order valence-corrected chi connectivity index (χ1v) is 6.10. The second-order valence-corrected chi connectivity index (χ2v) is 4.32. The molecule has 0 fully saturated rings. The van der Waals surface area contributed by atoms with Gasteiger partial charge in [-0.15, -0.1) is 0 Å². The highest BCUT2D eigenvalue weighted by Gasteiger charge is 2.07. The van der Waals surface area contributed by atoms with Crippen LogP contribution in [0, 0.1) is 0 Å². The molecule has 0 saturated heterocycles. The number of hydrogen-bond donors (Lipinski definition) is 0. The van der Waals surface area contributed by atoms with E-state index < -0.39 is 0 Å². The molecule has 0 nitrogen and oxygen atoms in total.